The van der Waals surface area contributed by atoms with Crippen LogP contribution in [0.3, 0.4) is 0 Å². The molecule has 5 heteroatoms. The fourth-order valence-electron chi connectivity index (χ4n) is 18.5. The molecule has 0 saturated carbocycles. The fraction of sp³-hybridized carbons (Fsp3) is 0.229. The maximum atomic E-state index is 6.82. The molecular formula is C96H92N4O+2. The zero-order chi connectivity index (χ0) is 69.0. The van der Waals surface area contributed by atoms with E-state index in [2.05, 4.69) is 366 Å². The van der Waals surface area contributed by atoms with E-state index in [1.54, 1.807) is 0 Å². The molecule has 4 heterocycles. The smallest absolute Gasteiger partial charge is 0.210 e. The Hall–Kier alpha value is -10.6. The maximum Gasteiger partial charge on any atom is 0.210 e. The largest absolute Gasteiger partial charge is 0.457 e. The highest BCUT2D eigenvalue weighted by atomic mass is 16.5. The molecule has 0 radical (unpaired) electrons. The topological polar surface area (TPSA) is 21.7 Å². The summed E-state index contributed by atoms with van der Waals surface area (Å²) in [6, 6.07) is 94.5. The van der Waals surface area contributed by atoms with E-state index in [1.807, 2.05) is 0 Å². The minimum absolute atomic E-state index is 0.273. The van der Waals surface area contributed by atoms with E-state index in [0.29, 0.717) is 0 Å². The predicted octanol–water partition coefficient (Wildman–Crippen LogP) is 23.1. The number of nitrogens with zero attached hydrogens (tertiary/aromatic N) is 4. The van der Waals surface area contributed by atoms with Gasteiger partial charge in [-0.1, -0.05) is 233 Å². The van der Waals surface area contributed by atoms with Gasteiger partial charge in [0.15, 0.2) is 11.4 Å². The van der Waals surface area contributed by atoms with E-state index in [9.17, 15) is 0 Å². The molecule has 500 valence electrons. The summed E-state index contributed by atoms with van der Waals surface area (Å²) in [5, 5.41) is 10.4. The third-order valence-electron chi connectivity index (χ3n) is 23.2. The number of fused-ring (bicyclic) bond motifs is 12. The van der Waals surface area contributed by atoms with Crippen molar-refractivity contribution in [3.63, 3.8) is 0 Å². The van der Waals surface area contributed by atoms with E-state index in [1.165, 1.54) is 133 Å². The number of hydrogen-bond acceptors (Lipinski definition) is 3. The lowest BCUT2D eigenvalue weighted by Gasteiger charge is -2.29. The first-order chi connectivity index (χ1) is 49.3. The summed E-state index contributed by atoms with van der Waals surface area (Å²) in [4.78, 5) is 4.90. The SMILES string of the molecule is CCCC[N+]1=C(/C=C/C=C2/N(C)c3ccc4ccccc4c3C2(C)Cc2ccccc2)C(C)(Cc2ccc(Oc3ccc(CC4(C)C(/C=C/C=C5/N(C)c6ccc7ccccc7c6C5(C)Cc5ccccc5)=[N+](CCCC)c5ccc6ccccc6c54)cc3)cc2)c2c1ccc1ccccc21. The van der Waals surface area contributed by atoms with Crippen molar-refractivity contribution < 1.29 is 13.9 Å². The summed E-state index contributed by atoms with van der Waals surface area (Å²) in [6.45, 7) is 16.4. The number of benzene rings is 12. The average Bonchev–Trinajstić information content (AvgIpc) is 1.59. The number of unbranched alkanes of at least 4 members (excludes halogenated alkanes) is 2. The molecule has 4 atom stereocenters. The maximum absolute atomic E-state index is 6.82. The third-order valence-corrected chi connectivity index (χ3v) is 23.2. The number of anilines is 2. The Bertz CT molecular complexity index is 5050. The van der Waals surface area contributed by atoms with Crippen LogP contribution in [-0.4, -0.2) is 47.8 Å². The van der Waals surface area contributed by atoms with Gasteiger partial charge in [0.25, 0.3) is 0 Å². The Morgan fingerprint density at radius 1 is 0.337 bits per heavy atom. The second-order valence-electron chi connectivity index (χ2n) is 29.8. The van der Waals surface area contributed by atoms with Gasteiger partial charge in [-0.05, 0) is 191 Å². The predicted molar refractivity (Wildman–Crippen MR) is 427 cm³/mol. The molecule has 0 aromatic heterocycles. The number of hydrogen-bond donors (Lipinski definition) is 0. The molecule has 4 aliphatic rings. The third kappa shape index (κ3) is 11.3. The van der Waals surface area contributed by atoms with Crippen LogP contribution in [0, 0.1) is 0 Å². The van der Waals surface area contributed by atoms with Crippen LogP contribution in [0.1, 0.15) is 112 Å². The standard InChI is InChI=1S/C96H92N4O/c1-9-11-61-99-83-59-51-73-35-21-25-39-79(73)91(83)95(5,87(99)43-27-41-85-93(3,63-67-29-15-13-16-30-67)89-77-37-23-19-33-71(77)49-57-81(89)97(85)7)65-69-45-53-75(54-46-69)101-76-55-47-70(48-56-76)66-96(6)88(100(62-12-10-2)84-60-52-74-36-22-26-40-80(74)92(84)96)44-28-42-86-94(4,64-68-31-17-14-18-32-68)90-78-38-24-20-34-72(78)50-58-82(90)98(86)8/h13-60H,9-12,61-66H2,1-8H3/q+2. The van der Waals surface area contributed by atoms with E-state index in [-0.39, 0.29) is 21.7 Å². The molecule has 0 N–H and O–H groups in total. The van der Waals surface area contributed by atoms with E-state index < -0.39 is 0 Å². The molecule has 0 bridgehead atoms. The summed E-state index contributed by atoms with van der Waals surface area (Å²) >= 11 is 0. The Kier molecular flexibility index (Phi) is 17.0. The summed E-state index contributed by atoms with van der Waals surface area (Å²) in [7, 11) is 4.52. The highest BCUT2D eigenvalue weighted by Gasteiger charge is 2.51. The summed E-state index contributed by atoms with van der Waals surface area (Å²) in [5.41, 5.74) is 20.0. The van der Waals surface area contributed by atoms with Crippen molar-refractivity contribution in [1.82, 2.24) is 0 Å². The van der Waals surface area contributed by atoms with Crippen molar-refractivity contribution in [1.29, 1.82) is 0 Å². The second kappa shape index (κ2) is 26.5. The molecule has 12 aromatic carbocycles. The fourth-order valence-corrected chi connectivity index (χ4v) is 18.5. The molecule has 5 nitrogen and oxygen atoms in total. The molecule has 0 spiro atoms. The van der Waals surface area contributed by atoms with Crippen LogP contribution in [-0.2, 0) is 47.3 Å². The van der Waals surface area contributed by atoms with E-state index in [4.69, 9.17) is 4.74 Å². The van der Waals surface area contributed by atoms with Crippen LogP contribution >= 0.6 is 0 Å². The van der Waals surface area contributed by atoms with Gasteiger partial charge < -0.3 is 14.5 Å². The van der Waals surface area contributed by atoms with Crippen LogP contribution in [0.25, 0.3) is 43.1 Å². The van der Waals surface area contributed by atoms with Gasteiger partial charge in [0.05, 0.1) is 10.8 Å². The van der Waals surface area contributed by atoms with Gasteiger partial charge in [-0.3, -0.25) is 0 Å². The molecule has 101 heavy (non-hydrogen) atoms. The van der Waals surface area contributed by atoms with Crippen LogP contribution in [0.2, 0.25) is 0 Å². The molecule has 0 fully saturated rings. The lowest BCUT2D eigenvalue weighted by Crippen LogP contribution is -2.34. The van der Waals surface area contributed by atoms with Crippen LogP contribution < -0.4 is 14.5 Å². The monoisotopic (exact) mass is 1320 g/mol. The minimum Gasteiger partial charge on any atom is -0.457 e. The zero-order valence-electron chi connectivity index (χ0n) is 60.0. The van der Waals surface area contributed by atoms with E-state index in [0.717, 1.165) is 76.0 Å². The Morgan fingerprint density at radius 3 is 1.02 bits per heavy atom. The molecular weight excluding hydrogens is 1230 g/mol. The van der Waals surface area contributed by atoms with Crippen molar-refractivity contribution in [3.8, 4) is 11.5 Å². The molecule has 12 aromatic rings. The highest BCUT2D eigenvalue weighted by molar-refractivity contribution is 6.10. The van der Waals surface area contributed by atoms with Gasteiger partial charge in [0.2, 0.25) is 11.4 Å². The van der Waals surface area contributed by atoms with Gasteiger partial charge in [0.1, 0.15) is 24.6 Å². The van der Waals surface area contributed by atoms with Crippen molar-refractivity contribution in [3.05, 3.63) is 347 Å². The van der Waals surface area contributed by atoms with Crippen LogP contribution in [0.5, 0.6) is 11.5 Å². The van der Waals surface area contributed by atoms with Gasteiger partial charge >= 0.3 is 0 Å². The number of allylic oxidation sites excluding steroid dienone is 8. The molecule has 4 aliphatic heterocycles. The van der Waals surface area contributed by atoms with Crippen molar-refractivity contribution in [2.45, 2.75) is 115 Å². The number of ether oxygens (including phenoxy) is 1. The normalized spacial score (nSPS) is 20.9. The first-order valence-electron chi connectivity index (χ1n) is 36.9. The quantitative estimate of drug-likeness (QED) is 0.0710. The first-order valence-corrected chi connectivity index (χ1v) is 36.9. The van der Waals surface area contributed by atoms with Gasteiger partial charge in [0, 0.05) is 95.9 Å². The number of rotatable bonds is 20. The van der Waals surface area contributed by atoms with Crippen LogP contribution in [0.15, 0.2) is 303 Å². The Morgan fingerprint density at radius 2 is 0.653 bits per heavy atom. The Balaban J connectivity index is 0.705. The van der Waals surface area contributed by atoms with Gasteiger partial charge in [-0.25, -0.2) is 0 Å². The highest BCUT2D eigenvalue weighted by Crippen LogP contribution is 2.55. The summed E-state index contributed by atoms with van der Waals surface area (Å²) in [6.07, 6.45) is 22.3. The molecule has 16 rings (SSSR count). The van der Waals surface area contributed by atoms with Crippen molar-refractivity contribution in [2.24, 2.45) is 0 Å². The van der Waals surface area contributed by atoms with Crippen molar-refractivity contribution in [2.75, 3.05) is 37.0 Å². The molecule has 0 saturated heterocycles. The van der Waals surface area contributed by atoms with E-state index >= 15 is 0 Å². The lowest BCUT2D eigenvalue weighted by molar-refractivity contribution is -0.438. The van der Waals surface area contributed by atoms with Gasteiger partial charge in [-0.2, -0.15) is 9.15 Å². The second-order valence-corrected chi connectivity index (χ2v) is 29.8. The van der Waals surface area contributed by atoms with Crippen molar-refractivity contribution >= 4 is 77.3 Å². The lowest BCUT2D eigenvalue weighted by atomic mass is 9.72. The summed E-state index contributed by atoms with van der Waals surface area (Å²) < 4.78 is 12.1. The minimum atomic E-state index is -0.357. The zero-order valence-corrected chi connectivity index (χ0v) is 60.0. The summed E-state index contributed by atoms with van der Waals surface area (Å²) in [5.74, 6) is 1.65. The average molecular weight is 1320 g/mol. The van der Waals surface area contributed by atoms with Gasteiger partial charge in [-0.15, -0.1) is 0 Å². The molecule has 0 aliphatic carbocycles. The Labute approximate surface area is 597 Å². The number of likely N-dealkylation sites (N-methyl/N-ethyl adjacent to an activating group) is 2. The molecule has 4 unspecified atom stereocenters. The first kappa shape index (κ1) is 65.0. The molecule has 0 amide bonds. The van der Waals surface area contributed by atoms with Crippen LogP contribution in [0.4, 0.5) is 22.7 Å².